The number of amides is 1. The molecule has 1 aliphatic carbocycles. The van der Waals surface area contributed by atoms with Crippen molar-refractivity contribution in [3.63, 3.8) is 0 Å². The summed E-state index contributed by atoms with van der Waals surface area (Å²) in [5.41, 5.74) is 2.43. The van der Waals surface area contributed by atoms with E-state index in [-0.39, 0.29) is 17.7 Å². The molecule has 33 heavy (non-hydrogen) atoms. The number of alkyl carbamates (subject to hydrolysis) is 1. The number of nitrogens with one attached hydrogen (secondary N) is 1. The van der Waals surface area contributed by atoms with Gasteiger partial charge in [0.05, 0.1) is 12.2 Å². The maximum absolute atomic E-state index is 12.1. The molecule has 2 fully saturated rings. The maximum atomic E-state index is 12.1. The first kappa shape index (κ1) is 22.9. The molecule has 3 heterocycles. The van der Waals surface area contributed by atoms with E-state index >= 15 is 0 Å². The van der Waals surface area contributed by atoms with E-state index in [0.717, 1.165) is 63.8 Å². The van der Waals surface area contributed by atoms with Gasteiger partial charge in [-0.05, 0) is 62.1 Å². The molecule has 1 saturated heterocycles. The Morgan fingerprint density at radius 1 is 1.30 bits per heavy atom. The SMILES string of the molecule is CCc1cc2c(s1)CCO[C@@]21CCN(C[C@H]2C[C@@H](NC(=O)OCc3ccccc3)C2)[C@@H](C)C1. The van der Waals surface area contributed by atoms with Gasteiger partial charge in [-0.1, -0.05) is 37.3 Å². The van der Waals surface area contributed by atoms with Gasteiger partial charge in [0, 0.05) is 41.3 Å². The number of rotatable bonds is 6. The van der Waals surface area contributed by atoms with Crippen LogP contribution >= 0.6 is 11.3 Å². The number of aryl methyl sites for hydroxylation is 1. The number of likely N-dealkylation sites (tertiary alicyclic amines) is 1. The average molecular weight is 469 g/mol. The molecule has 5 nitrogen and oxygen atoms in total. The van der Waals surface area contributed by atoms with Gasteiger partial charge in [0.15, 0.2) is 0 Å². The van der Waals surface area contributed by atoms with Crippen LogP contribution in [0.1, 0.15) is 60.4 Å². The van der Waals surface area contributed by atoms with E-state index in [1.807, 2.05) is 41.7 Å². The third kappa shape index (κ3) is 4.98. The first-order valence-electron chi connectivity index (χ1n) is 12.5. The van der Waals surface area contributed by atoms with Crippen molar-refractivity contribution in [1.82, 2.24) is 10.2 Å². The number of ether oxygens (including phenoxy) is 2. The molecule has 6 heteroatoms. The Hall–Kier alpha value is -1.89. The van der Waals surface area contributed by atoms with Crippen LogP contribution in [0.25, 0.3) is 0 Å². The predicted octanol–water partition coefficient (Wildman–Crippen LogP) is 5.27. The number of carbonyl (C=O) groups is 1. The van der Waals surface area contributed by atoms with Crippen molar-refractivity contribution in [2.45, 2.75) is 76.7 Å². The minimum Gasteiger partial charge on any atom is -0.445 e. The minimum absolute atomic E-state index is 0.0698. The van der Waals surface area contributed by atoms with Gasteiger partial charge in [0.25, 0.3) is 0 Å². The quantitative estimate of drug-likeness (QED) is 0.628. The van der Waals surface area contributed by atoms with Gasteiger partial charge >= 0.3 is 6.09 Å². The average Bonchev–Trinajstić information content (AvgIpc) is 3.24. The van der Waals surface area contributed by atoms with Crippen molar-refractivity contribution in [2.75, 3.05) is 19.7 Å². The topological polar surface area (TPSA) is 50.8 Å². The molecular weight excluding hydrogens is 432 g/mol. The van der Waals surface area contributed by atoms with Crippen LogP contribution in [-0.4, -0.2) is 42.8 Å². The number of thiophene rings is 1. The zero-order valence-corrected chi connectivity index (χ0v) is 20.7. The lowest BCUT2D eigenvalue weighted by atomic mass is 9.76. The van der Waals surface area contributed by atoms with Crippen molar-refractivity contribution in [3.8, 4) is 0 Å². The smallest absolute Gasteiger partial charge is 0.407 e. The van der Waals surface area contributed by atoms with Crippen molar-refractivity contribution >= 4 is 17.4 Å². The van der Waals surface area contributed by atoms with Crippen molar-refractivity contribution in [2.24, 2.45) is 5.92 Å². The van der Waals surface area contributed by atoms with Crippen LogP contribution in [0.15, 0.2) is 36.4 Å². The number of piperidine rings is 1. The lowest BCUT2D eigenvalue weighted by molar-refractivity contribution is -0.114. The van der Waals surface area contributed by atoms with E-state index in [4.69, 9.17) is 9.47 Å². The molecule has 2 atom stereocenters. The lowest BCUT2D eigenvalue weighted by Crippen LogP contribution is -2.54. The van der Waals surface area contributed by atoms with Gasteiger partial charge in [-0.15, -0.1) is 11.3 Å². The van der Waals surface area contributed by atoms with Crippen LogP contribution in [0.4, 0.5) is 4.79 Å². The third-order valence-electron chi connectivity index (χ3n) is 7.72. The molecule has 1 aromatic carbocycles. The first-order valence-corrected chi connectivity index (χ1v) is 13.3. The monoisotopic (exact) mass is 468 g/mol. The number of hydrogen-bond donors (Lipinski definition) is 1. The molecule has 5 rings (SSSR count). The molecule has 0 unspecified atom stereocenters. The predicted molar refractivity (Wildman–Crippen MR) is 132 cm³/mol. The Morgan fingerprint density at radius 3 is 2.88 bits per heavy atom. The van der Waals surface area contributed by atoms with Crippen LogP contribution in [0, 0.1) is 5.92 Å². The highest BCUT2D eigenvalue weighted by Gasteiger charge is 2.45. The fourth-order valence-electron chi connectivity index (χ4n) is 5.81. The molecule has 1 saturated carbocycles. The van der Waals surface area contributed by atoms with E-state index in [1.165, 1.54) is 10.4 Å². The zero-order chi connectivity index (χ0) is 22.8. The van der Waals surface area contributed by atoms with E-state index < -0.39 is 0 Å². The summed E-state index contributed by atoms with van der Waals surface area (Å²) in [7, 11) is 0. The van der Waals surface area contributed by atoms with E-state index in [2.05, 4.69) is 30.1 Å². The van der Waals surface area contributed by atoms with E-state index in [1.54, 1.807) is 4.88 Å². The number of benzene rings is 1. The Morgan fingerprint density at radius 2 is 2.12 bits per heavy atom. The summed E-state index contributed by atoms with van der Waals surface area (Å²) in [6.45, 7) is 8.00. The summed E-state index contributed by atoms with van der Waals surface area (Å²) >= 11 is 2.00. The maximum Gasteiger partial charge on any atom is 0.407 e. The van der Waals surface area contributed by atoms with E-state index in [9.17, 15) is 4.79 Å². The molecule has 1 spiro atoms. The Balaban J connectivity index is 1.07. The molecule has 178 valence electrons. The second-order valence-corrected chi connectivity index (χ2v) is 11.3. The third-order valence-corrected chi connectivity index (χ3v) is 9.06. The summed E-state index contributed by atoms with van der Waals surface area (Å²) in [6.07, 6.45) is 6.14. The number of hydrogen-bond acceptors (Lipinski definition) is 5. The van der Waals surface area contributed by atoms with Gasteiger partial charge in [0.2, 0.25) is 0 Å². The summed E-state index contributed by atoms with van der Waals surface area (Å²) in [4.78, 5) is 17.8. The lowest BCUT2D eigenvalue weighted by Gasteiger charge is -2.49. The second kappa shape index (κ2) is 9.77. The van der Waals surface area contributed by atoms with Crippen LogP contribution in [-0.2, 0) is 34.5 Å². The molecule has 0 bridgehead atoms. The standard InChI is InChI=1S/C27H36N2O3S/c1-3-23-15-24-25(33-23)9-12-32-27(24)10-11-29(19(2)16-27)17-21-13-22(14-21)28-26(30)31-18-20-7-5-4-6-8-20/h4-8,15,19,21-22H,3,9-14,16-18H2,1-2H3,(H,28,30)/t19-,21-,22+,27+/m0/s1. The highest BCUT2D eigenvalue weighted by molar-refractivity contribution is 7.12. The van der Waals surface area contributed by atoms with Gasteiger partial charge in [-0.25, -0.2) is 4.79 Å². The fraction of sp³-hybridized carbons (Fsp3) is 0.593. The largest absolute Gasteiger partial charge is 0.445 e. The number of fused-ring (bicyclic) bond motifs is 2. The molecular formula is C27H36N2O3S. The van der Waals surface area contributed by atoms with Crippen LogP contribution in [0.2, 0.25) is 0 Å². The van der Waals surface area contributed by atoms with Crippen molar-refractivity contribution in [3.05, 3.63) is 57.3 Å². The highest BCUT2D eigenvalue weighted by atomic mass is 32.1. The summed E-state index contributed by atoms with van der Waals surface area (Å²) in [5, 5.41) is 3.03. The van der Waals surface area contributed by atoms with Gasteiger partial charge in [0.1, 0.15) is 6.61 Å². The normalized spacial score (nSPS) is 29.3. The van der Waals surface area contributed by atoms with Crippen LogP contribution in [0.3, 0.4) is 0 Å². The minimum atomic E-state index is -0.303. The zero-order valence-electron chi connectivity index (χ0n) is 19.8. The number of nitrogens with zero attached hydrogens (tertiary/aromatic N) is 1. The molecule has 2 aromatic rings. The summed E-state index contributed by atoms with van der Waals surface area (Å²) < 4.78 is 11.9. The van der Waals surface area contributed by atoms with Gasteiger partial charge in [-0.3, -0.25) is 0 Å². The molecule has 2 aliphatic heterocycles. The summed E-state index contributed by atoms with van der Waals surface area (Å²) in [6, 6.07) is 13.0. The molecule has 3 aliphatic rings. The second-order valence-electron chi connectivity index (χ2n) is 10.0. The molecule has 0 radical (unpaired) electrons. The molecule has 1 amide bonds. The van der Waals surface area contributed by atoms with Crippen LogP contribution < -0.4 is 5.32 Å². The van der Waals surface area contributed by atoms with Crippen molar-refractivity contribution in [1.29, 1.82) is 0 Å². The Bertz CT molecular complexity index is 956. The molecule has 1 aromatic heterocycles. The van der Waals surface area contributed by atoms with Gasteiger partial charge < -0.3 is 19.7 Å². The van der Waals surface area contributed by atoms with E-state index in [0.29, 0.717) is 18.6 Å². The summed E-state index contributed by atoms with van der Waals surface area (Å²) in [5.74, 6) is 0.650. The molecule has 1 N–H and O–H groups in total. The fourth-order valence-corrected chi connectivity index (χ4v) is 6.99. The highest BCUT2D eigenvalue weighted by Crippen LogP contribution is 2.46. The van der Waals surface area contributed by atoms with Crippen molar-refractivity contribution < 1.29 is 14.3 Å². The van der Waals surface area contributed by atoms with Gasteiger partial charge in [-0.2, -0.15) is 0 Å². The first-order chi connectivity index (χ1) is 16.0. The Labute approximate surface area is 201 Å². The van der Waals surface area contributed by atoms with Crippen LogP contribution in [0.5, 0.6) is 0 Å². The number of carbonyl (C=O) groups excluding carboxylic acids is 1. The Kier molecular flexibility index (Phi) is 6.77.